The fourth-order valence-corrected chi connectivity index (χ4v) is 2.62. The van der Waals surface area contributed by atoms with E-state index in [1.54, 1.807) is 0 Å². The first-order valence-electron chi connectivity index (χ1n) is 9.58. The molecule has 0 spiro atoms. The van der Waals surface area contributed by atoms with Crippen molar-refractivity contribution >= 4 is 11.5 Å². The third kappa shape index (κ3) is 5.84. The van der Waals surface area contributed by atoms with E-state index in [2.05, 4.69) is 39.0 Å². The van der Waals surface area contributed by atoms with Gasteiger partial charge in [-0.05, 0) is 25.5 Å². The van der Waals surface area contributed by atoms with Crippen LogP contribution in [0.15, 0.2) is 47.1 Å². The molecule has 146 valence electrons. The fraction of sp³-hybridized carbons (Fsp3) is 0.364. The summed E-state index contributed by atoms with van der Waals surface area (Å²) in [5.41, 5.74) is 5.04. The van der Waals surface area contributed by atoms with Crippen LogP contribution in [0.1, 0.15) is 44.7 Å². The molecule has 5 heteroatoms. The Morgan fingerprint density at radius 1 is 1.00 bits per heavy atom. The van der Waals surface area contributed by atoms with Crippen LogP contribution in [-0.4, -0.2) is 17.2 Å². The highest BCUT2D eigenvalue weighted by atomic mass is 16.5. The molecule has 2 aromatic heterocycles. The predicted molar refractivity (Wildman–Crippen MR) is 115 cm³/mol. The molecule has 0 unspecified atom stereocenters. The number of rotatable bonds is 5. The number of nitrogens with one attached hydrogen (secondary N) is 2. The van der Waals surface area contributed by atoms with Crippen LogP contribution < -0.4 is 10.6 Å². The summed E-state index contributed by atoms with van der Waals surface area (Å²) in [6.45, 7) is 12.6. The molecule has 3 aromatic rings. The van der Waals surface area contributed by atoms with Crippen molar-refractivity contribution in [2.75, 3.05) is 17.7 Å². The molecule has 0 aliphatic carbocycles. The number of aromatic nitrogens is 2. The molecule has 2 N–H and O–H groups in total. The van der Waals surface area contributed by atoms with Gasteiger partial charge in [-0.25, -0.2) is 4.98 Å². The largest absolute Gasteiger partial charge is 0.378 e. The Kier molecular flexibility index (Phi) is 9.65. The van der Waals surface area contributed by atoms with Gasteiger partial charge in [-0.15, -0.1) is 0 Å². The van der Waals surface area contributed by atoms with Crippen LogP contribution in [0.2, 0.25) is 0 Å². The molecule has 3 rings (SSSR count). The van der Waals surface area contributed by atoms with Crippen molar-refractivity contribution in [1.29, 1.82) is 0 Å². The smallest absolute Gasteiger partial charge is 0.149 e. The summed E-state index contributed by atoms with van der Waals surface area (Å²) < 4.78 is 5.26. The minimum absolute atomic E-state index is 0.738. The van der Waals surface area contributed by atoms with Crippen LogP contribution in [0.4, 0.5) is 11.5 Å². The van der Waals surface area contributed by atoms with Gasteiger partial charge in [-0.2, -0.15) is 0 Å². The van der Waals surface area contributed by atoms with Crippen molar-refractivity contribution in [3.63, 3.8) is 0 Å². The van der Waals surface area contributed by atoms with Crippen molar-refractivity contribution in [2.24, 2.45) is 0 Å². The topological polar surface area (TPSA) is 63.0 Å². The third-order valence-corrected chi connectivity index (χ3v) is 3.77. The highest BCUT2D eigenvalue weighted by molar-refractivity contribution is 5.75. The summed E-state index contributed by atoms with van der Waals surface area (Å²) in [6.07, 6.45) is 1.84. The van der Waals surface area contributed by atoms with Crippen LogP contribution in [-0.2, 0) is 6.54 Å². The Labute approximate surface area is 163 Å². The van der Waals surface area contributed by atoms with E-state index in [4.69, 9.17) is 4.52 Å². The normalized spacial score (nSPS) is 9.44. The van der Waals surface area contributed by atoms with Crippen LogP contribution in [0, 0.1) is 13.8 Å². The summed E-state index contributed by atoms with van der Waals surface area (Å²) in [4.78, 5) is 4.50. The molecule has 5 nitrogen and oxygen atoms in total. The Balaban J connectivity index is 0.000000855. The Hall–Kier alpha value is -2.82. The van der Waals surface area contributed by atoms with Gasteiger partial charge in [-0.3, -0.25) is 0 Å². The molecule has 27 heavy (non-hydrogen) atoms. The lowest BCUT2D eigenvalue weighted by Gasteiger charge is -2.13. The van der Waals surface area contributed by atoms with E-state index < -0.39 is 0 Å². The van der Waals surface area contributed by atoms with Gasteiger partial charge < -0.3 is 15.2 Å². The maximum atomic E-state index is 5.26. The van der Waals surface area contributed by atoms with E-state index in [1.165, 1.54) is 5.56 Å². The zero-order valence-corrected chi connectivity index (χ0v) is 17.6. The number of pyridine rings is 1. The van der Waals surface area contributed by atoms with E-state index >= 15 is 0 Å². The minimum Gasteiger partial charge on any atom is -0.378 e. The van der Waals surface area contributed by atoms with Crippen LogP contribution >= 0.6 is 0 Å². The average Bonchev–Trinajstić information content (AvgIpc) is 3.08. The number of hydrogen-bond donors (Lipinski definition) is 2. The molecule has 0 atom stereocenters. The molecule has 0 saturated heterocycles. The van der Waals surface area contributed by atoms with Gasteiger partial charge >= 0.3 is 0 Å². The van der Waals surface area contributed by atoms with Gasteiger partial charge in [0.15, 0.2) is 0 Å². The third-order valence-electron chi connectivity index (χ3n) is 3.77. The molecule has 0 radical (unpaired) electrons. The zero-order valence-electron chi connectivity index (χ0n) is 17.6. The van der Waals surface area contributed by atoms with Crippen molar-refractivity contribution in [2.45, 2.75) is 48.1 Å². The molecular formula is C22H32N4O. The summed E-state index contributed by atoms with van der Waals surface area (Å²) in [6, 6.07) is 12.4. The van der Waals surface area contributed by atoms with Crippen LogP contribution in [0.5, 0.6) is 0 Å². The first kappa shape index (κ1) is 22.2. The summed E-state index contributed by atoms with van der Waals surface area (Å²) in [5.74, 6) is 1.62. The molecule has 2 heterocycles. The lowest BCUT2D eigenvalue weighted by molar-refractivity contribution is 0.393. The van der Waals surface area contributed by atoms with Gasteiger partial charge in [0.2, 0.25) is 0 Å². The first-order valence-corrected chi connectivity index (χ1v) is 9.58. The molecule has 0 fully saturated rings. The van der Waals surface area contributed by atoms with Gasteiger partial charge in [0.05, 0.1) is 11.4 Å². The molecule has 0 bridgehead atoms. The maximum absolute atomic E-state index is 5.26. The molecular weight excluding hydrogens is 336 g/mol. The highest BCUT2D eigenvalue weighted by Gasteiger charge is 2.14. The second kappa shape index (κ2) is 11.7. The summed E-state index contributed by atoms with van der Waals surface area (Å²) in [5, 5.41) is 10.6. The lowest BCUT2D eigenvalue weighted by Crippen LogP contribution is -2.04. The maximum Gasteiger partial charge on any atom is 0.149 e. The lowest BCUT2D eigenvalue weighted by atomic mass is 10.1. The standard InChI is InChI=1S/C18H20N4O.2C2H6/c1-12-17(13(2)23-22-12)15-9-16(18(19-3)21-11-15)20-10-14-7-5-4-6-8-14;2*1-2/h4-9,11,20H,10H2,1-3H3,(H,19,21);2*1-2H3. The molecule has 0 aliphatic rings. The zero-order chi connectivity index (χ0) is 20.2. The number of nitrogens with zero attached hydrogens (tertiary/aromatic N) is 2. The van der Waals surface area contributed by atoms with E-state index in [0.29, 0.717) is 0 Å². The van der Waals surface area contributed by atoms with Crippen molar-refractivity contribution in [3.8, 4) is 11.1 Å². The van der Waals surface area contributed by atoms with E-state index in [9.17, 15) is 0 Å². The number of aryl methyl sites for hydroxylation is 2. The van der Waals surface area contributed by atoms with Crippen molar-refractivity contribution < 1.29 is 4.52 Å². The van der Waals surface area contributed by atoms with E-state index in [1.807, 2.05) is 73.0 Å². The van der Waals surface area contributed by atoms with Crippen molar-refractivity contribution in [1.82, 2.24) is 10.1 Å². The minimum atomic E-state index is 0.738. The van der Waals surface area contributed by atoms with Crippen LogP contribution in [0.25, 0.3) is 11.1 Å². The van der Waals surface area contributed by atoms with E-state index in [-0.39, 0.29) is 0 Å². The summed E-state index contributed by atoms with van der Waals surface area (Å²) >= 11 is 0. The Morgan fingerprint density at radius 2 is 1.67 bits per heavy atom. The molecule has 1 aromatic carbocycles. The molecule has 0 amide bonds. The van der Waals surface area contributed by atoms with Gasteiger partial charge in [0, 0.05) is 30.9 Å². The monoisotopic (exact) mass is 368 g/mol. The first-order chi connectivity index (χ1) is 13.2. The van der Waals surface area contributed by atoms with Gasteiger partial charge in [0.25, 0.3) is 0 Å². The van der Waals surface area contributed by atoms with Gasteiger partial charge in [0.1, 0.15) is 11.6 Å². The SMILES string of the molecule is CC.CC.CNc1ncc(-c2c(C)noc2C)cc1NCc1ccccc1. The Morgan fingerprint density at radius 3 is 2.22 bits per heavy atom. The quantitative estimate of drug-likeness (QED) is 0.573. The number of benzene rings is 1. The average molecular weight is 369 g/mol. The number of hydrogen-bond acceptors (Lipinski definition) is 5. The second-order valence-corrected chi connectivity index (χ2v) is 5.41. The molecule has 0 aliphatic heterocycles. The van der Waals surface area contributed by atoms with Crippen molar-refractivity contribution in [3.05, 3.63) is 59.6 Å². The predicted octanol–water partition coefficient (Wildman–Crippen LogP) is 6.06. The second-order valence-electron chi connectivity index (χ2n) is 5.41. The fourth-order valence-electron chi connectivity index (χ4n) is 2.62. The molecule has 0 saturated carbocycles. The Bertz CT molecular complexity index is 778. The van der Waals surface area contributed by atoms with Crippen LogP contribution in [0.3, 0.4) is 0 Å². The van der Waals surface area contributed by atoms with E-state index in [0.717, 1.165) is 40.6 Å². The van der Waals surface area contributed by atoms with Gasteiger partial charge in [-0.1, -0.05) is 63.2 Å². The summed E-state index contributed by atoms with van der Waals surface area (Å²) in [7, 11) is 1.87. The highest BCUT2D eigenvalue weighted by Crippen LogP contribution is 2.31. The number of anilines is 2.